The maximum atomic E-state index is 4.38. The minimum Gasteiger partial charge on any atom is -0.367 e. The van der Waals surface area contributed by atoms with Gasteiger partial charge in [-0.1, -0.05) is 24.3 Å². The van der Waals surface area contributed by atoms with Crippen molar-refractivity contribution in [3.8, 4) is 0 Å². The number of hydrogen-bond donors (Lipinski definition) is 2. The monoisotopic (exact) mass is 296 g/mol. The van der Waals surface area contributed by atoms with Crippen molar-refractivity contribution in [2.45, 2.75) is 12.5 Å². The van der Waals surface area contributed by atoms with Crippen LogP contribution in [0.25, 0.3) is 10.2 Å². The van der Waals surface area contributed by atoms with Crippen LogP contribution in [0.4, 0.5) is 5.82 Å². The molecule has 4 nitrogen and oxygen atoms in total. The zero-order valence-electron chi connectivity index (χ0n) is 11.5. The summed E-state index contributed by atoms with van der Waals surface area (Å²) in [6, 6.07) is 11.0. The molecule has 1 aliphatic heterocycles. The summed E-state index contributed by atoms with van der Waals surface area (Å²) in [6.45, 7) is 1.86. The molecule has 3 aromatic rings. The highest BCUT2D eigenvalue weighted by Crippen LogP contribution is 2.27. The number of nitrogens with zero attached hydrogens (tertiary/aromatic N) is 2. The Hall–Kier alpha value is -1.98. The second-order valence-corrected chi connectivity index (χ2v) is 6.11. The molecule has 0 aliphatic carbocycles. The molecule has 0 radical (unpaired) electrons. The van der Waals surface area contributed by atoms with Crippen molar-refractivity contribution in [1.29, 1.82) is 0 Å². The number of fused-ring (bicyclic) bond motifs is 2. The highest BCUT2D eigenvalue weighted by atomic mass is 32.1. The largest absolute Gasteiger partial charge is 0.367 e. The van der Waals surface area contributed by atoms with Crippen molar-refractivity contribution < 1.29 is 0 Å². The first-order valence-corrected chi connectivity index (χ1v) is 8.03. The maximum absolute atomic E-state index is 4.38. The van der Waals surface area contributed by atoms with Gasteiger partial charge >= 0.3 is 0 Å². The fourth-order valence-corrected chi connectivity index (χ4v) is 3.70. The number of aromatic nitrogens is 2. The topological polar surface area (TPSA) is 49.8 Å². The first-order chi connectivity index (χ1) is 10.4. The van der Waals surface area contributed by atoms with E-state index in [9.17, 15) is 0 Å². The average molecular weight is 296 g/mol. The summed E-state index contributed by atoms with van der Waals surface area (Å²) in [4.78, 5) is 8.66. The van der Waals surface area contributed by atoms with Gasteiger partial charge in [-0.05, 0) is 35.5 Å². The molecule has 106 valence electrons. The van der Waals surface area contributed by atoms with Gasteiger partial charge in [0.15, 0.2) is 0 Å². The Morgan fingerprint density at radius 3 is 3.19 bits per heavy atom. The van der Waals surface area contributed by atoms with Gasteiger partial charge in [-0.15, -0.1) is 11.3 Å². The van der Waals surface area contributed by atoms with Crippen LogP contribution in [-0.2, 0) is 6.42 Å². The van der Waals surface area contributed by atoms with E-state index in [1.54, 1.807) is 17.7 Å². The number of rotatable bonds is 3. The molecule has 5 heteroatoms. The van der Waals surface area contributed by atoms with E-state index in [-0.39, 0.29) is 0 Å². The van der Waals surface area contributed by atoms with Crippen LogP contribution >= 0.6 is 11.3 Å². The number of thiophene rings is 1. The molecule has 0 fully saturated rings. The highest BCUT2D eigenvalue weighted by molar-refractivity contribution is 7.17. The van der Waals surface area contributed by atoms with Gasteiger partial charge in [0.2, 0.25) is 0 Å². The molecule has 21 heavy (non-hydrogen) atoms. The SMILES string of the molecule is c1ccc2c(c1)CCNC2CNc1ncnc2ccsc12. The average Bonchev–Trinajstić information content (AvgIpc) is 3.02. The van der Waals surface area contributed by atoms with Crippen LogP contribution in [0.3, 0.4) is 0 Å². The van der Waals surface area contributed by atoms with Crippen LogP contribution in [0.5, 0.6) is 0 Å². The van der Waals surface area contributed by atoms with Gasteiger partial charge in [0.1, 0.15) is 12.1 Å². The van der Waals surface area contributed by atoms with E-state index in [0.29, 0.717) is 6.04 Å². The lowest BCUT2D eigenvalue weighted by Crippen LogP contribution is -2.34. The van der Waals surface area contributed by atoms with Crippen LogP contribution in [0.1, 0.15) is 17.2 Å². The van der Waals surface area contributed by atoms with E-state index >= 15 is 0 Å². The summed E-state index contributed by atoms with van der Waals surface area (Å²) in [7, 11) is 0. The summed E-state index contributed by atoms with van der Waals surface area (Å²) in [6.07, 6.45) is 2.73. The second kappa shape index (κ2) is 5.42. The quantitative estimate of drug-likeness (QED) is 0.780. The molecular weight excluding hydrogens is 280 g/mol. The van der Waals surface area contributed by atoms with E-state index in [0.717, 1.165) is 35.5 Å². The molecule has 0 amide bonds. The molecular formula is C16H16N4S. The number of nitrogens with one attached hydrogen (secondary N) is 2. The van der Waals surface area contributed by atoms with E-state index in [2.05, 4.69) is 50.2 Å². The van der Waals surface area contributed by atoms with Gasteiger partial charge in [0, 0.05) is 12.6 Å². The van der Waals surface area contributed by atoms with Crippen molar-refractivity contribution in [2.24, 2.45) is 0 Å². The minimum absolute atomic E-state index is 0.333. The Morgan fingerprint density at radius 2 is 2.19 bits per heavy atom. The zero-order valence-corrected chi connectivity index (χ0v) is 12.4. The molecule has 0 saturated carbocycles. The van der Waals surface area contributed by atoms with Crippen LogP contribution < -0.4 is 10.6 Å². The van der Waals surface area contributed by atoms with E-state index in [4.69, 9.17) is 0 Å². The predicted molar refractivity (Wildman–Crippen MR) is 86.8 cm³/mol. The number of anilines is 1. The number of benzene rings is 1. The third kappa shape index (κ3) is 2.39. The first-order valence-electron chi connectivity index (χ1n) is 7.15. The maximum Gasteiger partial charge on any atom is 0.147 e. The second-order valence-electron chi connectivity index (χ2n) is 5.19. The van der Waals surface area contributed by atoms with Crippen molar-refractivity contribution in [1.82, 2.24) is 15.3 Å². The standard InChI is InChI=1S/C16H16N4S/c1-2-4-12-11(3-1)5-7-17-14(12)9-18-16-15-13(6-8-21-15)19-10-20-16/h1-4,6,8,10,14,17H,5,7,9H2,(H,18,19,20). The Balaban J connectivity index is 1.57. The third-order valence-corrected chi connectivity index (χ3v) is 4.84. The third-order valence-electron chi connectivity index (χ3n) is 3.93. The van der Waals surface area contributed by atoms with Crippen LogP contribution in [-0.4, -0.2) is 23.1 Å². The normalized spacial score (nSPS) is 17.6. The molecule has 1 aromatic carbocycles. The van der Waals surface area contributed by atoms with Gasteiger partial charge in [-0.3, -0.25) is 0 Å². The fraction of sp³-hybridized carbons (Fsp3) is 0.250. The molecule has 3 heterocycles. The van der Waals surface area contributed by atoms with E-state index in [1.807, 2.05) is 6.07 Å². The van der Waals surface area contributed by atoms with Crippen LogP contribution in [0.2, 0.25) is 0 Å². The molecule has 2 N–H and O–H groups in total. The highest BCUT2D eigenvalue weighted by Gasteiger charge is 2.19. The Labute approximate surface area is 127 Å². The Morgan fingerprint density at radius 1 is 1.24 bits per heavy atom. The van der Waals surface area contributed by atoms with Crippen LogP contribution in [0.15, 0.2) is 42.0 Å². The summed E-state index contributed by atoms with van der Waals surface area (Å²) >= 11 is 1.68. The molecule has 0 saturated heterocycles. The molecule has 1 aliphatic rings. The molecule has 2 aromatic heterocycles. The van der Waals surface area contributed by atoms with Crippen LogP contribution in [0, 0.1) is 0 Å². The lowest BCUT2D eigenvalue weighted by molar-refractivity contribution is 0.523. The predicted octanol–water partition coefficient (Wildman–Crippen LogP) is 2.99. The Bertz CT molecular complexity index is 768. The van der Waals surface area contributed by atoms with Crippen molar-refractivity contribution >= 4 is 27.4 Å². The van der Waals surface area contributed by atoms with Gasteiger partial charge in [0.25, 0.3) is 0 Å². The summed E-state index contributed by atoms with van der Waals surface area (Å²) in [5.41, 5.74) is 3.86. The molecule has 1 unspecified atom stereocenters. The Kier molecular flexibility index (Phi) is 3.29. The zero-order chi connectivity index (χ0) is 14.1. The van der Waals surface area contributed by atoms with Crippen molar-refractivity contribution in [3.63, 3.8) is 0 Å². The molecule has 0 spiro atoms. The van der Waals surface area contributed by atoms with Crippen molar-refractivity contribution in [2.75, 3.05) is 18.4 Å². The summed E-state index contributed by atoms with van der Waals surface area (Å²) < 4.78 is 1.13. The first kappa shape index (κ1) is 12.7. The lowest BCUT2D eigenvalue weighted by atomic mass is 9.94. The molecule has 4 rings (SSSR count). The van der Waals surface area contributed by atoms with E-state index in [1.165, 1.54) is 11.1 Å². The van der Waals surface area contributed by atoms with Gasteiger partial charge in [-0.2, -0.15) is 0 Å². The molecule has 0 bridgehead atoms. The molecule has 1 atom stereocenters. The number of hydrogen-bond acceptors (Lipinski definition) is 5. The summed E-state index contributed by atoms with van der Waals surface area (Å²) in [5.74, 6) is 0.930. The lowest BCUT2D eigenvalue weighted by Gasteiger charge is -2.27. The van der Waals surface area contributed by atoms with Gasteiger partial charge in [0.05, 0.1) is 10.2 Å². The van der Waals surface area contributed by atoms with Gasteiger partial charge in [-0.25, -0.2) is 9.97 Å². The fourth-order valence-electron chi connectivity index (χ4n) is 2.89. The smallest absolute Gasteiger partial charge is 0.147 e. The van der Waals surface area contributed by atoms with Gasteiger partial charge < -0.3 is 10.6 Å². The van der Waals surface area contributed by atoms with Crippen molar-refractivity contribution in [3.05, 3.63) is 53.2 Å². The summed E-state index contributed by atoms with van der Waals surface area (Å²) in [5, 5.41) is 9.12. The van der Waals surface area contributed by atoms with E-state index < -0.39 is 0 Å². The minimum atomic E-state index is 0.333.